The molecule has 2 heterocycles. The molecule has 23 heavy (non-hydrogen) atoms. The van der Waals surface area contributed by atoms with Gasteiger partial charge in [0.15, 0.2) is 0 Å². The van der Waals surface area contributed by atoms with Crippen molar-refractivity contribution in [1.29, 1.82) is 0 Å². The molecule has 4 rings (SSSR count). The van der Waals surface area contributed by atoms with Gasteiger partial charge in [0.2, 0.25) is 0 Å². The molecule has 1 aromatic carbocycles. The Labute approximate surface area is 134 Å². The van der Waals surface area contributed by atoms with Crippen molar-refractivity contribution in [3.8, 4) is 5.75 Å². The molecule has 1 saturated carbocycles. The van der Waals surface area contributed by atoms with Gasteiger partial charge in [0.25, 0.3) is 0 Å². The first-order valence-electron chi connectivity index (χ1n) is 8.13. The summed E-state index contributed by atoms with van der Waals surface area (Å²) in [6, 6.07) is 3.87. The van der Waals surface area contributed by atoms with Gasteiger partial charge in [0, 0.05) is 11.9 Å². The van der Waals surface area contributed by atoms with E-state index in [1.54, 1.807) is 0 Å². The second-order valence-corrected chi connectivity index (χ2v) is 6.84. The summed E-state index contributed by atoms with van der Waals surface area (Å²) in [6.07, 6.45) is 2.26. The normalized spacial score (nSPS) is 31.3. The Balaban J connectivity index is 1.62. The number of benzene rings is 1. The van der Waals surface area contributed by atoms with Gasteiger partial charge in [-0.2, -0.15) is 0 Å². The summed E-state index contributed by atoms with van der Waals surface area (Å²) in [5, 5.41) is 19.6. The maximum absolute atomic E-state index is 11.8. The molecule has 0 radical (unpaired) electrons. The number of fused-ring (bicyclic) bond motifs is 3. The molecule has 0 amide bonds. The summed E-state index contributed by atoms with van der Waals surface area (Å²) < 4.78 is 10.9. The van der Waals surface area contributed by atoms with E-state index < -0.39 is 13.1 Å². The van der Waals surface area contributed by atoms with E-state index in [9.17, 15) is 14.9 Å². The van der Waals surface area contributed by atoms with Gasteiger partial charge >= 0.3 is 13.1 Å². The number of ether oxygens (including phenoxy) is 1. The van der Waals surface area contributed by atoms with Crippen molar-refractivity contribution in [2.45, 2.75) is 37.0 Å². The first-order chi connectivity index (χ1) is 11.1. The lowest BCUT2D eigenvalue weighted by Crippen LogP contribution is -2.29. The van der Waals surface area contributed by atoms with Crippen molar-refractivity contribution in [1.82, 2.24) is 0 Å². The highest BCUT2D eigenvalue weighted by Crippen LogP contribution is 2.60. The molecule has 0 unspecified atom stereocenters. The topological polar surface area (TPSA) is 102 Å². The van der Waals surface area contributed by atoms with E-state index in [-0.39, 0.29) is 29.3 Å². The first kappa shape index (κ1) is 15.0. The molecule has 2 aliphatic heterocycles. The van der Waals surface area contributed by atoms with Crippen LogP contribution in [0.2, 0.25) is 5.82 Å². The van der Waals surface area contributed by atoms with Gasteiger partial charge in [0.1, 0.15) is 11.3 Å². The first-order valence-corrected chi connectivity index (χ1v) is 8.13. The van der Waals surface area contributed by atoms with Crippen molar-refractivity contribution < 1.29 is 24.3 Å². The predicted molar refractivity (Wildman–Crippen MR) is 83.7 cm³/mol. The van der Waals surface area contributed by atoms with E-state index >= 15 is 0 Å². The third-order valence-electron chi connectivity index (χ3n) is 5.36. The van der Waals surface area contributed by atoms with Gasteiger partial charge in [-0.3, -0.25) is 0 Å². The van der Waals surface area contributed by atoms with Crippen LogP contribution in [0.5, 0.6) is 5.75 Å². The largest absolute Gasteiger partial charge is 0.535 e. The van der Waals surface area contributed by atoms with Crippen molar-refractivity contribution in [3.05, 3.63) is 28.8 Å². The maximum atomic E-state index is 11.8. The minimum atomic E-state index is -1.00. The summed E-state index contributed by atoms with van der Waals surface area (Å²) in [7, 11) is -0.891. The monoisotopic (exact) mass is 317 g/mol. The Hall–Kier alpha value is -1.57. The number of aryl methyl sites for hydroxylation is 1. The van der Waals surface area contributed by atoms with Crippen LogP contribution in [0.25, 0.3) is 0 Å². The average Bonchev–Trinajstić information content (AvgIpc) is 3.22. The molecule has 1 aliphatic carbocycles. The van der Waals surface area contributed by atoms with E-state index in [2.05, 4.69) is 0 Å². The van der Waals surface area contributed by atoms with Gasteiger partial charge in [-0.25, -0.2) is 4.79 Å². The van der Waals surface area contributed by atoms with Crippen molar-refractivity contribution >= 4 is 13.1 Å². The summed E-state index contributed by atoms with van der Waals surface area (Å²) >= 11 is 0. The van der Waals surface area contributed by atoms with Gasteiger partial charge in [-0.15, -0.1) is 0 Å². The van der Waals surface area contributed by atoms with Crippen molar-refractivity contribution in [2.75, 3.05) is 13.2 Å². The maximum Gasteiger partial charge on any atom is 0.526 e. The van der Waals surface area contributed by atoms with E-state index in [0.717, 1.165) is 24.0 Å². The summed E-state index contributed by atoms with van der Waals surface area (Å²) in [4.78, 5) is 11.8. The lowest BCUT2D eigenvalue weighted by Gasteiger charge is -2.23. The van der Waals surface area contributed by atoms with Crippen LogP contribution < -0.4 is 10.4 Å². The fourth-order valence-corrected chi connectivity index (χ4v) is 3.85. The van der Waals surface area contributed by atoms with E-state index in [1.165, 1.54) is 0 Å². The zero-order valence-corrected chi connectivity index (χ0v) is 12.8. The number of nitrogens with two attached hydrogens (primary N) is 1. The SMILES string of the molecule is N[C@@H]1COC[C@H]1CCc1ccc2c(c1C(=O)O)OB(O)[C@@H]1C[C@H]21. The molecule has 2 fully saturated rings. The minimum absolute atomic E-state index is 0.0196. The molecule has 0 aromatic heterocycles. The standard InChI is InChI=1S/C16H20BNO5/c18-13-7-22-6-9(13)2-1-8-3-4-10-11-5-12(11)17(21)23-15(10)14(8)16(19)20/h3-4,9,11-13,21H,1-2,5-7,18H2,(H,19,20)/t9-,11-,12-,13-/m1/s1. The van der Waals surface area contributed by atoms with Crippen LogP contribution in [0.4, 0.5) is 0 Å². The Bertz CT molecular complexity index is 652. The third kappa shape index (κ3) is 2.53. The van der Waals surface area contributed by atoms with Crippen molar-refractivity contribution in [3.63, 3.8) is 0 Å². The molecule has 0 spiro atoms. The van der Waals surface area contributed by atoms with Crippen LogP contribution in [0.15, 0.2) is 12.1 Å². The molecule has 6 nitrogen and oxygen atoms in total. The number of carboxylic acids is 1. The summed E-state index contributed by atoms with van der Waals surface area (Å²) in [6.45, 7) is 1.20. The fourth-order valence-electron chi connectivity index (χ4n) is 3.85. The van der Waals surface area contributed by atoms with Gasteiger partial charge in [0.05, 0.1) is 13.2 Å². The van der Waals surface area contributed by atoms with Crippen molar-refractivity contribution in [2.24, 2.45) is 11.7 Å². The average molecular weight is 317 g/mol. The van der Waals surface area contributed by atoms with E-state index in [4.69, 9.17) is 15.1 Å². The van der Waals surface area contributed by atoms with E-state index in [0.29, 0.717) is 25.4 Å². The lowest BCUT2D eigenvalue weighted by molar-refractivity contribution is 0.0693. The second kappa shape index (κ2) is 5.51. The molecule has 3 aliphatic rings. The zero-order chi connectivity index (χ0) is 16.1. The second-order valence-electron chi connectivity index (χ2n) is 6.84. The van der Waals surface area contributed by atoms with Crippen LogP contribution in [-0.2, 0) is 11.2 Å². The molecule has 0 bridgehead atoms. The molecule has 7 heteroatoms. The van der Waals surface area contributed by atoms with E-state index in [1.807, 2.05) is 12.1 Å². The number of hydrogen-bond acceptors (Lipinski definition) is 5. The minimum Gasteiger partial charge on any atom is -0.535 e. The summed E-state index contributed by atoms with van der Waals surface area (Å²) in [5.41, 5.74) is 7.85. The quantitative estimate of drug-likeness (QED) is 0.717. The molecule has 1 aromatic rings. The fraction of sp³-hybridized carbons (Fsp3) is 0.562. The van der Waals surface area contributed by atoms with Crippen LogP contribution in [0.1, 0.15) is 40.2 Å². The Kier molecular flexibility index (Phi) is 3.59. The smallest absolute Gasteiger partial charge is 0.526 e. The Morgan fingerprint density at radius 1 is 1.39 bits per heavy atom. The molecule has 4 atom stereocenters. The Morgan fingerprint density at radius 3 is 2.91 bits per heavy atom. The highest BCUT2D eigenvalue weighted by molar-refractivity contribution is 6.48. The predicted octanol–water partition coefficient (Wildman–Crippen LogP) is 1.02. The molecule has 1 saturated heterocycles. The van der Waals surface area contributed by atoms with Crippen LogP contribution in [0.3, 0.4) is 0 Å². The zero-order valence-electron chi connectivity index (χ0n) is 12.8. The van der Waals surface area contributed by atoms with Crippen LogP contribution in [-0.4, -0.2) is 42.5 Å². The highest BCUT2D eigenvalue weighted by atomic mass is 16.5. The third-order valence-corrected chi connectivity index (χ3v) is 5.36. The lowest BCUT2D eigenvalue weighted by atomic mass is 9.76. The number of carbonyl (C=O) groups is 1. The van der Waals surface area contributed by atoms with Gasteiger partial charge < -0.3 is 25.3 Å². The molecule has 122 valence electrons. The number of rotatable bonds is 4. The molecular weight excluding hydrogens is 297 g/mol. The summed E-state index contributed by atoms with van der Waals surface area (Å²) in [5.74, 6) is -0.0449. The highest BCUT2D eigenvalue weighted by Gasteiger charge is 2.54. The van der Waals surface area contributed by atoms with Crippen LogP contribution >= 0.6 is 0 Å². The molecule has 4 N–H and O–H groups in total. The Morgan fingerprint density at radius 2 is 2.22 bits per heavy atom. The number of hydrogen-bond donors (Lipinski definition) is 3. The molecular formula is C16H20BNO5. The number of carboxylic acid groups (broad SMARTS) is 1. The van der Waals surface area contributed by atoms with Gasteiger partial charge in [-0.1, -0.05) is 12.1 Å². The number of aromatic carboxylic acids is 1. The van der Waals surface area contributed by atoms with Crippen LogP contribution in [0, 0.1) is 5.92 Å². The van der Waals surface area contributed by atoms with Gasteiger partial charge in [-0.05, 0) is 42.2 Å².